The molecule has 5 heteroatoms. The number of hydrogen-bond acceptors (Lipinski definition) is 2. The van der Waals surface area contributed by atoms with Gasteiger partial charge in [-0.25, -0.2) is 8.78 Å². The summed E-state index contributed by atoms with van der Waals surface area (Å²) in [6.45, 7) is 1.28. The van der Waals surface area contributed by atoms with Crippen molar-refractivity contribution >= 4 is 15.9 Å². The molecule has 1 aliphatic heterocycles. The maximum Gasteiger partial charge on any atom is 0.132 e. The Hall–Kier alpha value is -0.520. The molecule has 0 amide bonds. The molecule has 0 radical (unpaired) electrons. The first kappa shape index (κ1) is 13.9. The Labute approximate surface area is 114 Å². The molecule has 1 aliphatic rings. The van der Waals surface area contributed by atoms with E-state index < -0.39 is 11.6 Å². The lowest BCUT2D eigenvalue weighted by atomic mass is 9.88. The minimum Gasteiger partial charge on any atom is -0.381 e. The SMILES string of the molecule is CNC(c1c(F)cc(Br)cc1F)C1CCCOC1. The summed E-state index contributed by atoms with van der Waals surface area (Å²) in [6.07, 6.45) is 1.85. The predicted octanol–water partition coefficient (Wildman–Crippen LogP) is 3.41. The average molecular weight is 320 g/mol. The van der Waals surface area contributed by atoms with Crippen LogP contribution in [0.15, 0.2) is 16.6 Å². The third kappa shape index (κ3) is 2.90. The minimum absolute atomic E-state index is 0.105. The van der Waals surface area contributed by atoms with Gasteiger partial charge in [0.15, 0.2) is 0 Å². The molecule has 0 aliphatic carbocycles. The van der Waals surface area contributed by atoms with Gasteiger partial charge < -0.3 is 10.1 Å². The van der Waals surface area contributed by atoms with Gasteiger partial charge >= 0.3 is 0 Å². The Kier molecular flexibility index (Phi) is 4.70. The van der Waals surface area contributed by atoms with Crippen LogP contribution in [0.4, 0.5) is 8.78 Å². The molecule has 2 nitrogen and oxygen atoms in total. The predicted molar refractivity (Wildman–Crippen MR) is 69.4 cm³/mol. The van der Waals surface area contributed by atoms with Gasteiger partial charge in [-0.1, -0.05) is 15.9 Å². The van der Waals surface area contributed by atoms with E-state index in [9.17, 15) is 8.78 Å². The Morgan fingerprint density at radius 1 is 1.39 bits per heavy atom. The summed E-state index contributed by atoms with van der Waals surface area (Å²) in [5, 5.41) is 3.01. The molecule has 2 unspecified atom stereocenters. The maximum absolute atomic E-state index is 14.0. The quantitative estimate of drug-likeness (QED) is 0.921. The van der Waals surface area contributed by atoms with Gasteiger partial charge in [-0.05, 0) is 32.0 Å². The lowest BCUT2D eigenvalue weighted by Gasteiger charge is -2.30. The Morgan fingerprint density at radius 3 is 2.56 bits per heavy atom. The van der Waals surface area contributed by atoms with Crippen LogP contribution in [0.1, 0.15) is 24.4 Å². The van der Waals surface area contributed by atoms with Gasteiger partial charge in [-0.2, -0.15) is 0 Å². The van der Waals surface area contributed by atoms with Crippen molar-refractivity contribution in [1.29, 1.82) is 0 Å². The summed E-state index contributed by atoms with van der Waals surface area (Å²) in [5.74, 6) is -0.937. The van der Waals surface area contributed by atoms with Gasteiger partial charge in [0.2, 0.25) is 0 Å². The van der Waals surface area contributed by atoms with Gasteiger partial charge in [0.05, 0.1) is 6.61 Å². The molecular weight excluding hydrogens is 304 g/mol. The van der Waals surface area contributed by atoms with Crippen LogP contribution in [-0.2, 0) is 4.74 Å². The Balaban J connectivity index is 2.32. The van der Waals surface area contributed by atoms with Crippen LogP contribution in [0.3, 0.4) is 0 Å². The van der Waals surface area contributed by atoms with Gasteiger partial charge in [0.1, 0.15) is 11.6 Å². The molecule has 100 valence electrons. The summed E-state index contributed by atoms with van der Waals surface area (Å²) in [6, 6.07) is 2.25. The van der Waals surface area contributed by atoms with Crippen LogP contribution in [-0.4, -0.2) is 20.3 Å². The average Bonchev–Trinajstić information content (AvgIpc) is 2.34. The second-order valence-electron chi connectivity index (χ2n) is 4.53. The number of nitrogens with one attached hydrogen (secondary N) is 1. The second-order valence-corrected chi connectivity index (χ2v) is 5.44. The summed E-state index contributed by atoms with van der Waals surface area (Å²) in [4.78, 5) is 0. The third-order valence-electron chi connectivity index (χ3n) is 3.33. The fraction of sp³-hybridized carbons (Fsp3) is 0.538. The maximum atomic E-state index is 14.0. The molecule has 2 atom stereocenters. The highest BCUT2D eigenvalue weighted by molar-refractivity contribution is 9.10. The number of halogens is 3. The van der Waals surface area contributed by atoms with Crippen LogP contribution in [0.5, 0.6) is 0 Å². The minimum atomic E-state index is -0.521. The van der Waals surface area contributed by atoms with Crippen LogP contribution in [0, 0.1) is 17.6 Å². The first-order chi connectivity index (χ1) is 8.63. The van der Waals surface area contributed by atoms with E-state index in [0.717, 1.165) is 19.4 Å². The molecule has 0 saturated carbocycles. The van der Waals surface area contributed by atoms with Crippen molar-refractivity contribution in [2.45, 2.75) is 18.9 Å². The molecule has 1 fully saturated rings. The lowest BCUT2D eigenvalue weighted by molar-refractivity contribution is 0.0391. The molecule has 0 bridgehead atoms. The van der Waals surface area contributed by atoms with Crippen molar-refractivity contribution in [3.63, 3.8) is 0 Å². The monoisotopic (exact) mass is 319 g/mol. The Morgan fingerprint density at radius 2 is 2.06 bits per heavy atom. The molecular formula is C13H16BrF2NO. The zero-order valence-electron chi connectivity index (χ0n) is 10.2. The van der Waals surface area contributed by atoms with E-state index in [-0.39, 0.29) is 17.5 Å². The summed E-state index contributed by atoms with van der Waals surface area (Å²) in [7, 11) is 1.72. The van der Waals surface area contributed by atoms with Gasteiger partial charge in [0, 0.05) is 28.6 Å². The van der Waals surface area contributed by atoms with Gasteiger partial charge in [-0.3, -0.25) is 0 Å². The second kappa shape index (κ2) is 6.08. The number of rotatable bonds is 3. The smallest absolute Gasteiger partial charge is 0.132 e. The van der Waals surface area contributed by atoms with E-state index in [0.29, 0.717) is 11.1 Å². The van der Waals surface area contributed by atoms with Crippen LogP contribution >= 0.6 is 15.9 Å². The van der Waals surface area contributed by atoms with Crippen molar-refractivity contribution in [2.24, 2.45) is 5.92 Å². The first-order valence-corrected chi connectivity index (χ1v) is 6.82. The molecule has 1 heterocycles. The van der Waals surface area contributed by atoms with Crippen molar-refractivity contribution in [2.75, 3.05) is 20.3 Å². The van der Waals surface area contributed by atoms with Crippen molar-refractivity contribution in [3.05, 3.63) is 33.8 Å². The molecule has 1 aromatic carbocycles. The van der Waals surface area contributed by atoms with Crippen molar-refractivity contribution < 1.29 is 13.5 Å². The highest BCUT2D eigenvalue weighted by Crippen LogP contribution is 2.33. The molecule has 2 rings (SSSR count). The van der Waals surface area contributed by atoms with E-state index >= 15 is 0 Å². The zero-order valence-corrected chi connectivity index (χ0v) is 11.8. The molecule has 0 aromatic heterocycles. The molecule has 18 heavy (non-hydrogen) atoms. The van der Waals surface area contributed by atoms with E-state index in [1.165, 1.54) is 12.1 Å². The third-order valence-corrected chi connectivity index (χ3v) is 3.79. The van der Waals surface area contributed by atoms with E-state index in [1.54, 1.807) is 7.05 Å². The molecule has 1 N–H and O–H groups in total. The first-order valence-electron chi connectivity index (χ1n) is 6.03. The van der Waals surface area contributed by atoms with Gasteiger partial charge in [0.25, 0.3) is 0 Å². The highest BCUT2D eigenvalue weighted by Gasteiger charge is 2.29. The number of hydrogen-bond donors (Lipinski definition) is 1. The standard InChI is InChI=1S/C13H16BrF2NO/c1-17-13(8-3-2-4-18-7-8)12-10(15)5-9(14)6-11(12)16/h5-6,8,13,17H,2-4,7H2,1H3. The van der Waals surface area contributed by atoms with Crippen LogP contribution in [0.2, 0.25) is 0 Å². The van der Waals surface area contributed by atoms with Crippen LogP contribution < -0.4 is 5.32 Å². The summed E-state index contributed by atoms with van der Waals surface area (Å²) in [5.41, 5.74) is 0.108. The normalized spacial score (nSPS) is 21.9. The van der Waals surface area contributed by atoms with Crippen molar-refractivity contribution in [1.82, 2.24) is 5.32 Å². The molecule has 1 saturated heterocycles. The number of ether oxygens (including phenoxy) is 1. The van der Waals surface area contributed by atoms with E-state index in [2.05, 4.69) is 21.2 Å². The van der Waals surface area contributed by atoms with E-state index in [4.69, 9.17) is 4.74 Å². The number of benzene rings is 1. The fourth-order valence-corrected chi connectivity index (χ4v) is 2.90. The summed E-state index contributed by atoms with van der Waals surface area (Å²) >= 11 is 3.09. The lowest BCUT2D eigenvalue weighted by Crippen LogP contribution is -2.32. The van der Waals surface area contributed by atoms with Crippen LogP contribution in [0.25, 0.3) is 0 Å². The zero-order chi connectivity index (χ0) is 13.1. The fourth-order valence-electron chi connectivity index (χ4n) is 2.49. The highest BCUT2D eigenvalue weighted by atomic mass is 79.9. The largest absolute Gasteiger partial charge is 0.381 e. The van der Waals surface area contributed by atoms with E-state index in [1.807, 2.05) is 0 Å². The topological polar surface area (TPSA) is 21.3 Å². The van der Waals surface area contributed by atoms with Crippen molar-refractivity contribution in [3.8, 4) is 0 Å². The molecule has 0 spiro atoms. The molecule has 1 aromatic rings. The summed E-state index contributed by atoms with van der Waals surface area (Å²) < 4.78 is 33.7. The Bertz CT molecular complexity index is 398. The van der Waals surface area contributed by atoms with Gasteiger partial charge in [-0.15, -0.1) is 0 Å².